The van der Waals surface area contributed by atoms with Crippen LogP contribution in [0.25, 0.3) is 10.8 Å². The number of hydrogen-bond donors (Lipinski definition) is 1. The summed E-state index contributed by atoms with van der Waals surface area (Å²) in [6.07, 6.45) is 5.01. The Balaban J connectivity index is 1.45. The maximum atomic E-state index is 13.3. The van der Waals surface area contributed by atoms with E-state index in [2.05, 4.69) is 5.32 Å². The van der Waals surface area contributed by atoms with E-state index in [1.54, 1.807) is 4.90 Å². The van der Waals surface area contributed by atoms with Gasteiger partial charge in [0.25, 0.3) is 5.91 Å². The van der Waals surface area contributed by atoms with Crippen LogP contribution in [-0.2, 0) is 16.0 Å². The van der Waals surface area contributed by atoms with Gasteiger partial charge in [0, 0.05) is 18.0 Å². The van der Waals surface area contributed by atoms with Crippen LogP contribution in [-0.4, -0.2) is 41.9 Å². The molecule has 1 saturated carbocycles. The summed E-state index contributed by atoms with van der Waals surface area (Å²) in [5.41, 5.74) is 1.13. The number of nitrogens with one attached hydrogen (secondary N) is 1. The molecule has 0 aliphatic heterocycles. The minimum Gasteiger partial charge on any atom is -0.483 e. The van der Waals surface area contributed by atoms with Crippen LogP contribution in [0.1, 0.15) is 38.2 Å². The molecule has 1 unspecified atom stereocenters. The van der Waals surface area contributed by atoms with E-state index in [0.29, 0.717) is 18.7 Å². The zero-order valence-corrected chi connectivity index (χ0v) is 19.2. The van der Waals surface area contributed by atoms with Gasteiger partial charge in [0.2, 0.25) is 5.91 Å². The Hall–Kier alpha value is -3.34. The topological polar surface area (TPSA) is 58.6 Å². The molecule has 5 heteroatoms. The third kappa shape index (κ3) is 5.92. The predicted octanol–water partition coefficient (Wildman–Crippen LogP) is 4.74. The van der Waals surface area contributed by atoms with E-state index in [1.165, 1.54) is 0 Å². The van der Waals surface area contributed by atoms with Gasteiger partial charge in [-0.15, -0.1) is 0 Å². The van der Waals surface area contributed by atoms with Crippen LogP contribution < -0.4 is 10.1 Å². The lowest BCUT2D eigenvalue weighted by Gasteiger charge is -2.29. The van der Waals surface area contributed by atoms with Crippen LogP contribution >= 0.6 is 0 Å². The summed E-state index contributed by atoms with van der Waals surface area (Å²) >= 11 is 0. The van der Waals surface area contributed by atoms with Crippen molar-refractivity contribution in [2.75, 3.05) is 13.2 Å². The van der Waals surface area contributed by atoms with Crippen molar-refractivity contribution in [1.82, 2.24) is 10.2 Å². The van der Waals surface area contributed by atoms with Crippen LogP contribution in [0.2, 0.25) is 0 Å². The lowest BCUT2D eigenvalue weighted by molar-refractivity contribution is -0.141. The average molecular weight is 445 g/mol. The largest absolute Gasteiger partial charge is 0.483 e. The second kappa shape index (κ2) is 11.0. The van der Waals surface area contributed by atoms with Crippen molar-refractivity contribution in [2.24, 2.45) is 0 Å². The molecular formula is C28H32N2O3. The summed E-state index contributed by atoms with van der Waals surface area (Å²) in [6.45, 7) is 2.16. The van der Waals surface area contributed by atoms with Crippen LogP contribution in [0.15, 0.2) is 72.8 Å². The van der Waals surface area contributed by atoms with Crippen molar-refractivity contribution >= 4 is 22.6 Å². The van der Waals surface area contributed by atoms with Crippen molar-refractivity contribution in [3.8, 4) is 5.75 Å². The number of hydrogen-bond acceptors (Lipinski definition) is 3. The molecule has 33 heavy (non-hydrogen) atoms. The number of fused-ring (bicyclic) bond motifs is 1. The molecule has 0 heterocycles. The van der Waals surface area contributed by atoms with Crippen LogP contribution in [0, 0.1) is 0 Å². The summed E-state index contributed by atoms with van der Waals surface area (Å²) in [4.78, 5) is 27.9. The van der Waals surface area contributed by atoms with Crippen LogP contribution in [0.5, 0.6) is 5.75 Å². The highest BCUT2D eigenvalue weighted by atomic mass is 16.5. The number of nitrogens with zero attached hydrogens (tertiary/aromatic N) is 1. The molecule has 3 aromatic carbocycles. The molecule has 172 valence electrons. The molecule has 1 N–H and O–H groups in total. The second-order valence-electron chi connectivity index (χ2n) is 8.75. The van der Waals surface area contributed by atoms with Gasteiger partial charge in [-0.25, -0.2) is 0 Å². The molecule has 0 radical (unpaired) electrons. The first kappa shape index (κ1) is 22.8. The molecule has 5 nitrogen and oxygen atoms in total. The SMILES string of the molecule is CC(C(=O)NC1CCCC1)N(CCc1ccccc1)C(=O)COc1cccc2ccccc12. The number of carbonyl (C=O) groups is 2. The maximum Gasteiger partial charge on any atom is 0.261 e. The number of carbonyl (C=O) groups excluding carboxylic acids is 2. The zero-order valence-electron chi connectivity index (χ0n) is 19.2. The number of ether oxygens (including phenoxy) is 1. The van der Waals surface area contributed by atoms with Crippen molar-refractivity contribution < 1.29 is 14.3 Å². The highest BCUT2D eigenvalue weighted by molar-refractivity contribution is 5.90. The standard InChI is InChI=1S/C28H32N2O3/c1-21(28(32)29-24-14-6-7-15-24)30(19-18-22-10-3-2-4-11-22)27(31)20-33-26-17-9-13-23-12-5-8-16-25(23)26/h2-5,8-13,16-17,21,24H,6-7,14-15,18-20H2,1H3,(H,29,32). The van der Waals surface area contributed by atoms with Gasteiger partial charge in [-0.05, 0) is 43.2 Å². The van der Waals surface area contributed by atoms with Crippen molar-refractivity contribution in [3.05, 3.63) is 78.4 Å². The summed E-state index contributed by atoms with van der Waals surface area (Å²) in [5, 5.41) is 5.17. The van der Waals surface area contributed by atoms with Gasteiger partial charge in [-0.1, -0.05) is 79.6 Å². The second-order valence-corrected chi connectivity index (χ2v) is 8.75. The number of benzene rings is 3. The van der Waals surface area contributed by atoms with Gasteiger partial charge in [-0.3, -0.25) is 9.59 Å². The fourth-order valence-electron chi connectivity index (χ4n) is 4.51. The van der Waals surface area contributed by atoms with Crippen molar-refractivity contribution in [2.45, 2.75) is 51.1 Å². The molecule has 1 atom stereocenters. The summed E-state index contributed by atoms with van der Waals surface area (Å²) in [5.74, 6) is 0.397. The van der Waals surface area contributed by atoms with Crippen LogP contribution in [0.3, 0.4) is 0 Å². The van der Waals surface area contributed by atoms with Gasteiger partial charge in [0.1, 0.15) is 11.8 Å². The molecule has 1 fully saturated rings. The lowest BCUT2D eigenvalue weighted by Crippen LogP contribution is -2.51. The Morgan fingerprint density at radius 1 is 0.970 bits per heavy atom. The molecule has 0 saturated heterocycles. The van der Waals surface area contributed by atoms with E-state index < -0.39 is 6.04 Å². The maximum absolute atomic E-state index is 13.3. The molecule has 1 aliphatic carbocycles. The highest BCUT2D eigenvalue weighted by Crippen LogP contribution is 2.25. The first-order valence-corrected chi connectivity index (χ1v) is 11.9. The van der Waals surface area contributed by atoms with Crippen molar-refractivity contribution in [1.29, 1.82) is 0 Å². The van der Waals surface area contributed by atoms with E-state index in [9.17, 15) is 9.59 Å². The molecule has 4 rings (SSSR count). The van der Waals surface area contributed by atoms with Gasteiger partial charge in [-0.2, -0.15) is 0 Å². The number of amides is 2. The molecule has 0 bridgehead atoms. The van der Waals surface area contributed by atoms with Gasteiger partial charge >= 0.3 is 0 Å². The van der Waals surface area contributed by atoms with E-state index >= 15 is 0 Å². The Bertz CT molecular complexity index is 1070. The fraction of sp³-hybridized carbons (Fsp3) is 0.357. The summed E-state index contributed by atoms with van der Waals surface area (Å²) in [7, 11) is 0. The minimum absolute atomic E-state index is 0.0894. The molecule has 2 amide bonds. The molecule has 0 spiro atoms. The summed E-state index contributed by atoms with van der Waals surface area (Å²) in [6, 6.07) is 23.5. The van der Waals surface area contributed by atoms with Gasteiger partial charge in [0.05, 0.1) is 0 Å². The molecule has 1 aliphatic rings. The number of rotatable bonds is 9. The van der Waals surface area contributed by atoms with Crippen LogP contribution in [0.4, 0.5) is 0 Å². The quantitative estimate of drug-likeness (QED) is 0.519. The van der Waals surface area contributed by atoms with E-state index in [1.807, 2.05) is 79.7 Å². The van der Waals surface area contributed by atoms with E-state index in [4.69, 9.17) is 4.74 Å². The first-order valence-electron chi connectivity index (χ1n) is 11.9. The summed E-state index contributed by atoms with van der Waals surface area (Å²) < 4.78 is 5.95. The third-order valence-electron chi connectivity index (χ3n) is 6.45. The highest BCUT2D eigenvalue weighted by Gasteiger charge is 2.28. The van der Waals surface area contributed by atoms with Gasteiger partial charge in [0.15, 0.2) is 6.61 Å². The van der Waals surface area contributed by atoms with Crippen molar-refractivity contribution in [3.63, 3.8) is 0 Å². The zero-order chi connectivity index (χ0) is 23.0. The Morgan fingerprint density at radius 3 is 2.45 bits per heavy atom. The first-order chi connectivity index (χ1) is 16.1. The smallest absolute Gasteiger partial charge is 0.261 e. The average Bonchev–Trinajstić information content (AvgIpc) is 3.36. The van der Waals surface area contributed by atoms with E-state index in [-0.39, 0.29) is 24.5 Å². The molecular weight excluding hydrogens is 412 g/mol. The van der Waals surface area contributed by atoms with E-state index in [0.717, 1.165) is 42.0 Å². The Morgan fingerprint density at radius 2 is 1.67 bits per heavy atom. The monoisotopic (exact) mass is 444 g/mol. The predicted molar refractivity (Wildman–Crippen MR) is 131 cm³/mol. The fourth-order valence-corrected chi connectivity index (χ4v) is 4.51. The molecule has 3 aromatic rings. The Kier molecular flexibility index (Phi) is 7.61. The Labute approximate surface area is 195 Å². The molecule has 0 aromatic heterocycles. The lowest BCUT2D eigenvalue weighted by atomic mass is 10.1. The minimum atomic E-state index is -0.557. The third-order valence-corrected chi connectivity index (χ3v) is 6.45. The normalized spacial score (nSPS) is 14.7. The van der Waals surface area contributed by atoms with Gasteiger partial charge < -0.3 is 15.0 Å².